The molecule has 0 aromatic heterocycles. The number of carbonyl (C=O) groups excluding carboxylic acids is 2. The molecule has 5 nitrogen and oxygen atoms in total. The van der Waals surface area contributed by atoms with Gasteiger partial charge in [-0.25, -0.2) is 9.59 Å². The second kappa shape index (κ2) is 6.52. The predicted molar refractivity (Wildman–Crippen MR) is 88.0 cm³/mol. The minimum Gasteiger partial charge on any atom is -0.423 e. The molecule has 118 valence electrons. The maximum Gasteiger partial charge on any atom is 0.343 e. The fourth-order valence-corrected chi connectivity index (χ4v) is 2.45. The number of benzene rings is 2. The molecule has 1 aliphatic rings. The minimum atomic E-state index is -0.410. The van der Waals surface area contributed by atoms with Crippen LogP contribution >= 0.6 is 0 Å². The van der Waals surface area contributed by atoms with Gasteiger partial charge in [0.25, 0.3) is 0 Å². The molecule has 5 heteroatoms. The van der Waals surface area contributed by atoms with Crippen LogP contribution in [0.3, 0.4) is 0 Å². The van der Waals surface area contributed by atoms with Crippen LogP contribution in [0.4, 0.5) is 10.5 Å². The van der Waals surface area contributed by atoms with Gasteiger partial charge in [-0.1, -0.05) is 19.1 Å². The molecule has 1 aliphatic heterocycles. The quantitative estimate of drug-likeness (QED) is 0.697. The average molecular weight is 310 g/mol. The highest BCUT2D eigenvalue weighted by atomic mass is 16.5. The van der Waals surface area contributed by atoms with Gasteiger partial charge in [-0.2, -0.15) is 0 Å². The van der Waals surface area contributed by atoms with Gasteiger partial charge in [0.15, 0.2) is 0 Å². The molecule has 2 aromatic carbocycles. The van der Waals surface area contributed by atoms with Crippen molar-refractivity contribution in [3.8, 4) is 5.75 Å². The van der Waals surface area contributed by atoms with E-state index in [1.807, 2.05) is 12.1 Å². The molecular formula is C18H18N2O3. The van der Waals surface area contributed by atoms with Gasteiger partial charge in [-0.05, 0) is 48.4 Å². The number of nitrogens with zero attached hydrogens (tertiary/aromatic N) is 1. The standard InChI is InChI=1S/C18H18N2O3/c1-2-13-3-9-16(10-4-13)23-17(21)14-5-7-15(8-6-14)20-12-11-19-18(20)22/h3-10H,2,11-12H2,1H3,(H,19,22). The summed E-state index contributed by atoms with van der Waals surface area (Å²) in [5, 5.41) is 2.74. The summed E-state index contributed by atoms with van der Waals surface area (Å²) in [6.45, 7) is 3.34. The number of esters is 1. The molecule has 2 amide bonds. The van der Waals surface area contributed by atoms with Gasteiger partial charge in [-0.15, -0.1) is 0 Å². The van der Waals surface area contributed by atoms with Crippen LogP contribution in [0.5, 0.6) is 5.75 Å². The maximum atomic E-state index is 12.2. The van der Waals surface area contributed by atoms with Crippen LogP contribution in [0.15, 0.2) is 48.5 Å². The second-order valence-corrected chi connectivity index (χ2v) is 5.32. The van der Waals surface area contributed by atoms with E-state index in [0.29, 0.717) is 24.4 Å². The van der Waals surface area contributed by atoms with Crippen LogP contribution in [-0.4, -0.2) is 25.1 Å². The molecule has 1 saturated heterocycles. The van der Waals surface area contributed by atoms with Crippen LogP contribution in [0.25, 0.3) is 0 Å². The lowest BCUT2D eigenvalue weighted by molar-refractivity contribution is 0.0734. The average Bonchev–Trinajstić information content (AvgIpc) is 3.02. The molecule has 2 aromatic rings. The molecule has 0 aliphatic carbocycles. The van der Waals surface area contributed by atoms with Crippen molar-refractivity contribution >= 4 is 17.7 Å². The molecule has 0 spiro atoms. The molecular weight excluding hydrogens is 292 g/mol. The summed E-state index contributed by atoms with van der Waals surface area (Å²) in [5.41, 5.74) is 2.41. The van der Waals surface area contributed by atoms with Crippen molar-refractivity contribution in [3.05, 3.63) is 59.7 Å². The van der Waals surface area contributed by atoms with E-state index >= 15 is 0 Å². The summed E-state index contributed by atoms with van der Waals surface area (Å²) in [4.78, 5) is 25.4. The van der Waals surface area contributed by atoms with E-state index < -0.39 is 5.97 Å². The summed E-state index contributed by atoms with van der Waals surface area (Å²) in [7, 11) is 0. The Hall–Kier alpha value is -2.82. The first-order valence-corrected chi connectivity index (χ1v) is 7.64. The number of rotatable bonds is 4. The molecule has 0 bridgehead atoms. The largest absolute Gasteiger partial charge is 0.423 e. The Labute approximate surface area is 134 Å². The molecule has 23 heavy (non-hydrogen) atoms. The number of carbonyl (C=O) groups is 2. The van der Waals surface area contributed by atoms with Crippen LogP contribution in [0, 0.1) is 0 Å². The normalized spacial score (nSPS) is 13.8. The molecule has 0 unspecified atom stereocenters. The number of hydrogen-bond donors (Lipinski definition) is 1. The summed E-state index contributed by atoms with van der Waals surface area (Å²) in [6.07, 6.45) is 0.944. The number of amides is 2. The molecule has 0 atom stereocenters. The van der Waals surface area contributed by atoms with Gasteiger partial charge in [-0.3, -0.25) is 4.90 Å². The van der Waals surface area contributed by atoms with Crippen molar-refractivity contribution in [1.82, 2.24) is 5.32 Å². The number of anilines is 1. The van der Waals surface area contributed by atoms with Crippen molar-refractivity contribution in [1.29, 1.82) is 0 Å². The van der Waals surface area contributed by atoms with E-state index in [9.17, 15) is 9.59 Å². The summed E-state index contributed by atoms with van der Waals surface area (Å²) in [6, 6.07) is 14.2. The van der Waals surface area contributed by atoms with Crippen LogP contribution < -0.4 is 15.0 Å². The third-order valence-corrected chi connectivity index (χ3v) is 3.81. The molecule has 3 rings (SSSR count). The fraction of sp³-hybridized carbons (Fsp3) is 0.222. The highest BCUT2D eigenvalue weighted by Crippen LogP contribution is 2.19. The number of nitrogens with one attached hydrogen (secondary N) is 1. The van der Waals surface area contributed by atoms with E-state index in [2.05, 4.69) is 12.2 Å². The maximum absolute atomic E-state index is 12.2. The van der Waals surface area contributed by atoms with E-state index in [1.165, 1.54) is 5.56 Å². The van der Waals surface area contributed by atoms with E-state index in [1.54, 1.807) is 41.3 Å². The Bertz CT molecular complexity index is 708. The lowest BCUT2D eigenvalue weighted by Crippen LogP contribution is -2.27. The highest BCUT2D eigenvalue weighted by Gasteiger charge is 2.21. The van der Waals surface area contributed by atoms with Crippen molar-refractivity contribution in [3.63, 3.8) is 0 Å². The zero-order chi connectivity index (χ0) is 16.2. The molecule has 0 saturated carbocycles. The third-order valence-electron chi connectivity index (χ3n) is 3.81. The zero-order valence-corrected chi connectivity index (χ0v) is 12.9. The molecule has 0 radical (unpaired) electrons. The predicted octanol–water partition coefficient (Wildman–Crippen LogP) is 3.00. The number of ether oxygens (including phenoxy) is 1. The van der Waals surface area contributed by atoms with E-state index in [4.69, 9.17) is 4.74 Å². The van der Waals surface area contributed by atoms with Gasteiger partial charge in [0.2, 0.25) is 0 Å². The Kier molecular flexibility index (Phi) is 4.28. The first kappa shape index (κ1) is 15.1. The number of urea groups is 1. The first-order valence-electron chi connectivity index (χ1n) is 7.64. The summed E-state index contributed by atoms with van der Waals surface area (Å²) >= 11 is 0. The summed E-state index contributed by atoms with van der Waals surface area (Å²) in [5.74, 6) is 0.113. The SMILES string of the molecule is CCc1ccc(OC(=O)c2ccc(N3CCNC3=O)cc2)cc1. The smallest absolute Gasteiger partial charge is 0.343 e. The molecule has 1 N–H and O–H groups in total. The fourth-order valence-electron chi connectivity index (χ4n) is 2.45. The van der Waals surface area contributed by atoms with Crippen LogP contribution in [0.2, 0.25) is 0 Å². The van der Waals surface area contributed by atoms with E-state index in [-0.39, 0.29) is 6.03 Å². The van der Waals surface area contributed by atoms with Gasteiger partial charge in [0, 0.05) is 18.8 Å². The number of aryl methyl sites for hydroxylation is 1. The van der Waals surface area contributed by atoms with Crippen molar-refractivity contribution in [2.24, 2.45) is 0 Å². The number of hydrogen-bond acceptors (Lipinski definition) is 3. The Balaban J connectivity index is 1.68. The minimum absolute atomic E-state index is 0.114. The van der Waals surface area contributed by atoms with Crippen molar-refractivity contribution in [2.45, 2.75) is 13.3 Å². The highest BCUT2D eigenvalue weighted by molar-refractivity contribution is 5.95. The van der Waals surface area contributed by atoms with Crippen LogP contribution in [-0.2, 0) is 6.42 Å². The third kappa shape index (κ3) is 3.34. The van der Waals surface area contributed by atoms with Crippen molar-refractivity contribution in [2.75, 3.05) is 18.0 Å². The zero-order valence-electron chi connectivity index (χ0n) is 12.9. The first-order chi connectivity index (χ1) is 11.2. The lowest BCUT2D eigenvalue weighted by Gasteiger charge is -2.14. The van der Waals surface area contributed by atoms with E-state index in [0.717, 1.165) is 12.1 Å². The molecule has 1 fully saturated rings. The van der Waals surface area contributed by atoms with Gasteiger partial charge in [0.1, 0.15) is 5.75 Å². The van der Waals surface area contributed by atoms with Gasteiger partial charge < -0.3 is 10.1 Å². The Morgan fingerprint density at radius 2 is 1.83 bits per heavy atom. The Morgan fingerprint density at radius 1 is 1.13 bits per heavy atom. The van der Waals surface area contributed by atoms with Gasteiger partial charge >= 0.3 is 12.0 Å². The Morgan fingerprint density at radius 3 is 2.39 bits per heavy atom. The lowest BCUT2D eigenvalue weighted by atomic mass is 10.1. The van der Waals surface area contributed by atoms with Crippen LogP contribution in [0.1, 0.15) is 22.8 Å². The molecule has 1 heterocycles. The van der Waals surface area contributed by atoms with Crippen molar-refractivity contribution < 1.29 is 14.3 Å². The monoisotopic (exact) mass is 310 g/mol. The second-order valence-electron chi connectivity index (χ2n) is 5.32. The summed E-state index contributed by atoms with van der Waals surface area (Å²) < 4.78 is 5.35. The van der Waals surface area contributed by atoms with Gasteiger partial charge in [0.05, 0.1) is 5.56 Å². The topological polar surface area (TPSA) is 58.6 Å².